The molecule has 19 heavy (non-hydrogen) atoms. The van der Waals surface area contributed by atoms with Gasteiger partial charge >= 0.3 is 0 Å². The lowest BCUT2D eigenvalue weighted by molar-refractivity contribution is 0.526. The molecule has 0 saturated heterocycles. The molecule has 0 radical (unpaired) electrons. The number of hydrogen-bond donors (Lipinski definition) is 1. The zero-order valence-electron chi connectivity index (χ0n) is 12.7. The van der Waals surface area contributed by atoms with E-state index in [-0.39, 0.29) is 5.41 Å². The van der Waals surface area contributed by atoms with Gasteiger partial charge in [0.15, 0.2) is 0 Å². The van der Waals surface area contributed by atoms with Gasteiger partial charge in [-0.15, -0.1) is 0 Å². The standard InChI is InChI=1S/C16H25N3/c1-11(8-9-17)12-6-7-14-13(10-12)18-15(19(14)5)16(2,3)4/h6-7,10-11H,8-9,17H2,1-5H3. The highest BCUT2D eigenvalue weighted by Crippen LogP contribution is 2.28. The number of hydrogen-bond acceptors (Lipinski definition) is 2. The smallest absolute Gasteiger partial charge is 0.115 e. The molecule has 1 aromatic carbocycles. The molecular weight excluding hydrogens is 234 g/mol. The quantitative estimate of drug-likeness (QED) is 0.919. The molecule has 0 amide bonds. The predicted molar refractivity (Wildman–Crippen MR) is 81.5 cm³/mol. The van der Waals surface area contributed by atoms with Gasteiger partial charge in [0.2, 0.25) is 0 Å². The van der Waals surface area contributed by atoms with E-state index >= 15 is 0 Å². The Balaban J connectivity index is 2.50. The van der Waals surface area contributed by atoms with Crippen LogP contribution in [0.3, 0.4) is 0 Å². The maximum atomic E-state index is 5.64. The number of aromatic nitrogens is 2. The van der Waals surface area contributed by atoms with Crippen LogP contribution in [0.25, 0.3) is 11.0 Å². The summed E-state index contributed by atoms with van der Waals surface area (Å²) in [7, 11) is 2.10. The van der Waals surface area contributed by atoms with Gasteiger partial charge in [-0.1, -0.05) is 33.8 Å². The SMILES string of the molecule is CC(CCN)c1ccc2c(c1)nc(C(C)(C)C)n2C. The number of nitrogens with zero attached hydrogens (tertiary/aromatic N) is 2. The maximum Gasteiger partial charge on any atom is 0.115 e. The van der Waals surface area contributed by atoms with E-state index in [9.17, 15) is 0 Å². The van der Waals surface area contributed by atoms with E-state index in [0.29, 0.717) is 5.92 Å². The molecule has 2 aromatic rings. The molecule has 104 valence electrons. The predicted octanol–water partition coefficient (Wildman–Crippen LogP) is 3.32. The fraction of sp³-hybridized carbons (Fsp3) is 0.562. The molecule has 1 aromatic heterocycles. The minimum atomic E-state index is 0.0663. The van der Waals surface area contributed by atoms with Crippen LogP contribution in [0, 0.1) is 0 Å². The summed E-state index contributed by atoms with van der Waals surface area (Å²) in [4.78, 5) is 4.82. The van der Waals surface area contributed by atoms with Crippen LogP contribution in [0.5, 0.6) is 0 Å². The van der Waals surface area contributed by atoms with Gasteiger partial charge in [-0.3, -0.25) is 0 Å². The fourth-order valence-electron chi connectivity index (χ4n) is 2.61. The summed E-state index contributed by atoms with van der Waals surface area (Å²) in [6.45, 7) is 9.56. The van der Waals surface area contributed by atoms with Gasteiger partial charge in [0.05, 0.1) is 11.0 Å². The summed E-state index contributed by atoms with van der Waals surface area (Å²) in [5.74, 6) is 1.63. The third-order valence-electron chi connectivity index (χ3n) is 3.74. The highest BCUT2D eigenvalue weighted by atomic mass is 15.1. The summed E-state index contributed by atoms with van der Waals surface area (Å²) < 4.78 is 2.20. The summed E-state index contributed by atoms with van der Waals surface area (Å²) in [6, 6.07) is 6.60. The highest BCUT2D eigenvalue weighted by Gasteiger charge is 2.21. The van der Waals surface area contributed by atoms with E-state index in [1.54, 1.807) is 0 Å². The monoisotopic (exact) mass is 259 g/mol. The van der Waals surface area contributed by atoms with Gasteiger partial charge in [-0.25, -0.2) is 4.98 Å². The van der Waals surface area contributed by atoms with Gasteiger partial charge in [0.1, 0.15) is 5.82 Å². The van der Waals surface area contributed by atoms with Crippen molar-refractivity contribution in [2.45, 2.75) is 45.4 Å². The Labute approximate surface area is 115 Å². The molecule has 3 heteroatoms. The van der Waals surface area contributed by atoms with Crippen LogP contribution in [0.15, 0.2) is 18.2 Å². The molecule has 2 rings (SSSR count). The Bertz CT molecular complexity index is 575. The summed E-state index contributed by atoms with van der Waals surface area (Å²) in [5, 5.41) is 0. The number of aryl methyl sites for hydroxylation is 1. The lowest BCUT2D eigenvalue weighted by Crippen LogP contribution is -2.17. The van der Waals surface area contributed by atoms with Gasteiger partial charge in [0.25, 0.3) is 0 Å². The molecule has 0 saturated carbocycles. The van der Waals surface area contributed by atoms with Crippen molar-refractivity contribution in [2.75, 3.05) is 6.54 Å². The van der Waals surface area contributed by atoms with Crippen molar-refractivity contribution in [1.82, 2.24) is 9.55 Å². The van der Waals surface area contributed by atoms with E-state index in [1.807, 2.05) is 0 Å². The van der Waals surface area contributed by atoms with Crippen LogP contribution in [0.1, 0.15) is 51.4 Å². The van der Waals surface area contributed by atoms with Crippen molar-refractivity contribution in [3.05, 3.63) is 29.6 Å². The van der Waals surface area contributed by atoms with Crippen LogP contribution >= 0.6 is 0 Å². The summed E-state index contributed by atoms with van der Waals surface area (Å²) in [5.41, 5.74) is 9.34. The van der Waals surface area contributed by atoms with Crippen LogP contribution in [-0.2, 0) is 12.5 Å². The van der Waals surface area contributed by atoms with Crippen molar-refractivity contribution in [2.24, 2.45) is 12.8 Å². The Morgan fingerprint density at radius 2 is 2.00 bits per heavy atom. The van der Waals surface area contributed by atoms with Gasteiger partial charge in [-0.05, 0) is 36.6 Å². The molecule has 0 bridgehead atoms. The topological polar surface area (TPSA) is 43.8 Å². The average molecular weight is 259 g/mol. The molecule has 1 heterocycles. The van der Waals surface area contributed by atoms with Crippen molar-refractivity contribution < 1.29 is 0 Å². The number of rotatable bonds is 3. The third kappa shape index (κ3) is 2.66. The number of benzene rings is 1. The first-order chi connectivity index (χ1) is 8.84. The molecule has 1 atom stereocenters. The van der Waals surface area contributed by atoms with Crippen LogP contribution in [0.2, 0.25) is 0 Å². The highest BCUT2D eigenvalue weighted by molar-refractivity contribution is 5.77. The second kappa shape index (κ2) is 4.97. The Morgan fingerprint density at radius 3 is 2.58 bits per heavy atom. The van der Waals surface area contributed by atoms with Gasteiger partial charge < -0.3 is 10.3 Å². The van der Waals surface area contributed by atoms with E-state index in [4.69, 9.17) is 10.7 Å². The van der Waals surface area contributed by atoms with Crippen molar-refractivity contribution >= 4 is 11.0 Å². The third-order valence-corrected chi connectivity index (χ3v) is 3.74. The molecular formula is C16H25N3. The summed E-state index contributed by atoms with van der Waals surface area (Å²) >= 11 is 0. The zero-order chi connectivity index (χ0) is 14.2. The lowest BCUT2D eigenvalue weighted by Gasteiger charge is -2.17. The molecule has 3 nitrogen and oxygen atoms in total. The number of fused-ring (bicyclic) bond motifs is 1. The van der Waals surface area contributed by atoms with E-state index in [1.165, 1.54) is 11.1 Å². The Kier molecular flexibility index (Phi) is 3.68. The second-order valence-electron chi connectivity index (χ2n) is 6.47. The maximum absolute atomic E-state index is 5.64. The normalized spacial score (nSPS) is 14.0. The zero-order valence-corrected chi connectivity index (χ0v) is 12.7. The minimum Gasteiger partial charge on any atom is -0.331 e. The van der Waals surface area contributed by atoms with Gasteiger partial charge in [-0.2, -0.15) is 0 Å². The van der Waals surface area contributed by atoms with Crippen molar-refractivity contribution in [3.63, 3.8) is 0 Å². The number of nitrogens with two attached hydrogens (primary N) is 1. The van der Waals surface area contributed by atoms with E-state index in [0.717, 1.165) is 24.3 Å². The van der Waals surface area contributed by atoms with Crippen molar-refractivity contribution in [3.8, 4) is 0 Å². The first-order valence-corrected chi connectivity index (χ1v) is 7.01. The fourth-order valence-corrected chi connectivity index (χ4v) is 2.61. The van der Waals surface area contributed by atoms with Crippen LogP contribution < -0.4 is 5.73 Å². The molecule has 2 N–H and O–H groups in total. The number of imidazole rings is 1. The molecule has 0 aliphatic rings. The first kappa shape index (κ1) is 14.1. The average Bonchev–Trinajstić information content (AvgIpc) is 2.66. The Morgan fingerprint density at radius 1 is 1.32 bits per heavy atom. The summed E-state index contributed by atoms with van der Waals surface area (Å²) in [6.07, 6.45) is 1.02. The second-order valence-corrected chi connectivity index (χ2v) is 6.47. The molecule has 0 aliphatic heterocycles. The molecule has 0 aliphatic carbocycles. The van der Waals surface area contributed by atoms with Crippen molar-refractivity contribution in [1.29, 1.82) is 0 Å². The van der Waals surface area contributed by atoms with E-state index < -0.39 is 0 Å². The van der Waals surface area contributed by atoms with Gasteiger partial charge in [0, 0.05) is 12.5 Å². The minimum absolute atomic E-state index is 0.0663. The first-order valence-electron chi connectivity index (χ1n) is 7.01. The molecule has 0 spiro atoms. The Hall–Kier alpha value is -1.35. The van der Waals surface area contributed by atoms with Crippen LogP contribution in [-0.4, -0.2) is 16.1 Å². The molecule has 1 unspecified atom stereocenters. The van der Waals surface area contributed by atoms with Crippen LogP contribution in [0.4, 0.5) is 0 Å². The molecule has 0 fully saturated rings. The largest absolute Gasteiger partial charge is 0.331 e. The van der Waals surface area contributed by atoms with E-state index in [2.05, 4.69) is 57.5 Å². The lowest BCUT2D eigenvalue weighted by atomic mass is 9.96.